The Morgan fingerprint density at radius 1 is 0.309 bits per heavy atom. The molecule has 0 bridgehead atoms. The van der Waals surface area contributed by atoms with Crippen LogP contribution in [0.25, 0.3) is 0 Å². The van der Waals surface area contributed by atoms with Crippen LogP contribution in [0, 0.1) is 0 Å². The van der Waals surface area contributed by atoms with Crippen LogP contribution >= 0.6 is 0 Å². The molecule has 0 aromatic carbocycles. The van der Waals surface area contributed by atoms with Gasteiger partial charge in [0, 0.05) is 19.4 Å². The van der Waals surface area contributed by atoms with Gasteiger partial charge in [-0.1, -0.05) is 283 Å². The number of hydrogen-bond acceptors (Lipinski definition) is 5. The fourth-order valence-electron chi connectivity index (χ4n) is 9.33. The lowest BCUT2D eigenvalue weighted by Gasteiger charge is -2.18. The van der Waals surface area contributed by atoms with Crippen LogP contribution in [0.5, 0.6) is 0 Å². The first-order valence-corrected chi connectivity index (χ1v) is 30.9. The third-order valence-corrected chi connectivity index (χ3v) is 14.0. The molecule has 0 aliphatic carbocycles. The Balaban J connectivity index is 4.21. The van der Waals surface area contributed by atoms with Crippen LogP contribution in [0.2, 0.25) is 0 Å². The van der Waals surface area contributed by atoms with E-state index in [1.807, 2.05) is 0 Å². The van der Waals surface area contributed by atoms with E-state index in [9.17, 15) is 9.59 Å². The molecule has 0 aliphatic heterocycles. The first-order chi connectivity index (χ1) is 33.6. The van der Waals surface area contributed by atoms with Crippen molar-refractivity contribution >= 4 is 11.9 Å². The van der Waals surface area contributed by atoms with Gasteiger partial charge < -0.3 is 14.2 Å². The fraction of sp³-hybridized carbons (Fsp3) is 0.905. The predicted octanol–water partition coefficient (Wildman–Crippen LogP) is 21.1. The van der Waals surface area contributed by atoms with E-state index in [0.29, 0.717) is 26.1 Å². The number of carbonyl (C=O) groups excluding carboxylic acids is 2. The minimum Gasteiger partial charge on any atom is -0.462 e. The molecule has 402 valence electrons. The van der Waals surface area contributed by atoms with Crippen molar-refractivity contribution in [2.45, 2.75) is 348 Å². The zero-order chi connectivity index (χ0) is 49.2. The van der Waals surface area contributed by atoms with Gasteiger partial charge in [0.25, 0.3) is 0 Å². The van der Waals surface area contributed by atoms with Gasteiger partial charge in [0.05, 0.1) is 6.61 Å². The minimum atomic E-state index is -0.534. The Labute approximate surface area is 426 Å². The number of unbranched alkanes of at least 4 members (excludes halogenated alkanes) is 43. The lowest BCUT2D eigenvalue weighted by atomic mass is 10.0. The molecule has 0 unspecified atom stereocenters. The second-order valence-corrected chi connectivity index (χ2v) is 21.0. The molecule has 0 fully saturated rings. The van der Waals surface area contributed by atoms with Crippen molar-refractivity contribution in [1.82, 2.24) is 0 Å². The molecule has 1 atom stereocenters. The SMILES string of the molecule is CCCCCCCC/C=C\CCCCCCCCCCCCCC(=O)O[C@H](COCCCCCCCCCCCCCCCCCC)COC(=O)CCCCCCC/C=C\CCCCCCCC. The standard InChI is InChI=1S/C63H120O5/c1-4-7-10-13-16-19-22-25-28-30-31-32-33-34-36-39-42-45-48-51-54-57-63(65)68-61(59-66-58-55-52-49-46-43-40-37-29-26-23-20-17-14-11-8-5-2)60-67-62(64)56-53-50-47-44-41-38-35-27-24-21-18-15-12-9-6-3/h25,27-28,35,61H,4-24,26,29-34,36-60H2,1-3H3/b28-25-,35-27-/t61-/m1/s1. The molecule has 0 aliphatic rings. The van der Waals surface area contributed by atoms with Gasteiger partial charge >= 0.3 is 11.9 Å². The third kappa shape index (κ3) is 57.0. The number of hydrogen-bond donors (Lipinski definition) is 0. The second-order valence-electron chi connectivity index (χ2n) is 21.0. The summed E-state index contributed by atoms with van der Waals surface area (Å²) in [4.78, 5) is 25.6. The van der Waals surface area contributed by atoms with Crippen molar-refractivity contribution in [2.75, 3.05) is 19.8 Å². The summed E-state index contributed by atoms with van der Waals surface area (Å²) in [6, 6.07) is 0. The van der Waals surface area contributed by atoms with E-state index in [2.05, 4.69) is 45.1 Å². The summed E-state index contributed by atoms with van der Waals surface area (Å²) in [5, 5.41) is 0. The number of esters is 2. The van der Waals surface area contributed by atoms with Crippen molar-refractivity contribution in [1.29, 1.82) is 0 Å². The lowest BCUT2D eigenvalue weighted by Crippen LogP contribution is -2.30. The van der Waals surface area contributed by atoms with Crippen molar-refractivity contribution in [3.8, 4) is 0 Å². The minimum absolute atomic E-state index is 0.0883. The Morgan fingerprint density at radius 2 is 0.574 bits per heavy atom. The van der Waals surface area contributed by atoms with Gasteiger partial charge in [-0.2, -0.15) is 0 Å². The zero-order valence-electron chi connectivity index (χ0n) is 46.4. The first kappa shape index (κ1) is 66.4. The van der Waals surface area contributed by atoms with Crippen LogP contribution in [-0.4, -0.2) is 37.9 Å². The van der Waals surface area contributed by atoms with Gasteiger partial charge in [0.15, 0.2) is 6.10 Å². The average Bonchev–Trinajstić information content (AvgIpc) is 3.34. The van der Waals surface area contributed by atoms with Crippen molar-refractivity contribution < 1.29 is 23.8 Å². The van der Waals surface area contributed by atoms with Crippen LogP contribution in [0.4, 0.5) is 0 Å². The summed E-state index contributed by atoms with van der Waals surface area (Å²) < 4.78 is 17.5. The summed E-state index contributed by atoms with van der Waals surface area (Å²) in [5.41, 5.74) is 0. The summed E-state index contributed by atoms with van der Waals surface area (Å²) in [7, 11) is 0. The lowest BCUT2D eigenvalue weighted by molar-refractivity contribution is -0.163. The van der Waals surface area contributed by atoms with E-state index >= 15 is 0 Å². The molecule has 5 nitrogen and oxygen atoms in total. The highest BCUT2D eigenvalue weighted by Crippen LogP contribution is 2.17. The molecule has 0 saturated carbocycles. The van der Waals surface area contributed by atoms with Crippen LogP contribution in [-0.2, 0) is 23.8 Å². The van der Waals surface area contributed by atoms with Gasteiger partial charge in [0.1, 0.15) is 6.61 Å². The van der Waals surface area contributed by atoms with Gasteiger partial charge in [-0.15, -0.1) is 0 Å². The summed E-state index contributed by atoms with van der Waals surface area (Å²) in [5.74, 6) is -0.383. The highest BCUT2D eigenvalue weighted by atomic mass is 16.6. The summed E-state index contributed by atoms with van der Waals surface area (Å²) in [6.07, 6.45) is 72.1. The molecule has 68 heavy (non-hydrogen) atoms. The van der Waals surface area contributed by atoms with Crippen molar-refractivity contribution in [3.05, 3.63) is 24.3 Å². The zero-order valence-corrected chi connectivity index (χ0v) is 46.4. The Bertz CT molecular complexity index is 1040. The Hall–Kier alpha value is -1.62. The molecule has 0 heterocycles. The Morgan fingerprint density at radius 3 is 0.897 bits per heavy atom. The quantitative estimate of drug-likeness (QED) is 0.0345. The number of allylic oxidation sites excluding steroid dienone is 4. The molecule has 0 N–H and O–H groups in total. The molecule has 0 aromatic rings. The van der Waals surface area contributed by atoms with Crippen molar-refractivity contribution in [2.24, 2.45) is 0 Å². The van der Waals surface area contributed by atoms with E-state index in [0.717, 1.165) is 44.9 Å². The maximum absolute atomic E-state index is 12.9. The smallest absolute Gasteiger partial charge is 0.306 e. The maximum atomic E-state index is 12.9. The number of carbonyl (C=O) groups is 2. The van der Waals surface area contributed by atoms with Crippen LogP contribution < -0.4 is 0 Å². The van der Waals surface area contributed by atoms with Gasteiger partial charge in [0.2, 0.25) is 0 Å². The molecule has 0 aromatic heterocycles. The van der Waals surface area contributed by atoms with Crippen molar-refractivity contribution in [3.63, 3.8) is 0 Å². The monoisotopic (exact) mass is 957 g/mol. The second kappa shape index (κ2) is 59.7. The van der Waals surface area contributed by atoms with E-state index in [1.54, 1.807) is 0 Å². The predicted molar refractivity (Wildman–Crippen MR) is 298 cm³/mol. The first-order valence-electron chi connectivity index (χ1n) is 30.9. The normalized spacial score (nSPS) is 12.2. The topological polar surface area (TPSA) is 61.8 Å². The highest BCUT2D eigenvalue weighted by Gasteiger charge is 2.18. The van der Waals surface area contributed by atoms with Gasteiger partial charge in [-0.05, 0) is 70.6 Å². The number of ether oxygens (including phenoxy) is 3. The van der Waals surface area contributed by atoms with Crippen LogP contribution in [0.15, 0.2) is 24.3 Å². The third-order valence-electron chi connectivity index (χ3n) is 14.0. The molecule has 0 spiro atoms. The van der Waals surface area contributed by atoms with Gasteiger partial charge in [-0.25, -0.2) is 0 Å². The molecule has 0 radical (unpaired) electrons. The Kier molecular flexibility index (Phi) is 58.3. The molecule has 5 heteroatoms. The van der Waals surface area contributed by atoms with E-state index in [-0.39, 0.29) is 18.5 Å². The maximum Gasteiger partial charge on any atom is 0.306 e. The van der Waals surface area contributed by atoms with E-state index in [4.69, 9.17) is 14.2 Å². The fourth-order valence-corrected chi connectivity index (χ4v) is 9.33. The van der Waals surface area contributed by atoms with E-state index in [1.165, 1.54) is 263 Å². The molecular formula is C63H120O5. The molecule has 0 amide bonds. The van der Waals surface area contributed by atoms with E-state index < -0.39 is 6.10 Å². The largest absolute Gasteiger partial charge is 0.462 e. The average molecular weight is 958 g/mol. The molecular weight excluding hydrogens is 837 g/mol. The van der Waals surface area contributed by atoms with Crippen LogP contribution in [0.3, 0.4) is 0 Å². The molecule has 0 saturated heterocycles. The highest BCUT2D eigenvalue weighted by molar-refractivity contribution is 5.70. The number of rotatable bonds is 58. The summed E-state index contributed by atoms with van der Waals surface area (Å²) in [6.45, 7) is 7.89. The van der Waals surface area contributed by atoms with Gasteiger partial charge in [-0.3, -0.25) is 9.59 Å². The van der Waals surface area contributed by atoms with Crippen LogP contribution in [0.1, 0.15) is 342 Å². The summed E-state index contributed by atoms with van der Waals surface area (Å²) >= 11 is 0. The molecule has 0 rings (SSSR count).